The maximum atomic E-state index is 2.47. The highest BCUT2D eigenvalue weighted by Gasteiger charge is 2.53. The number of hydrogen-bond donors (Lipinski definition) is 0. The Hall–Kier alpha value is 0. The van der Waals surface area contributed by atoms with Gasteiger partial charge in [0.05, 0.1) is 0 Å². The van der Waals surface area contributed by atoms with Gasteiger partial charge in [-0.15, -0.1) is 0 Å². The predicted octanol–water partition coefficient (Wildman–Crippen LogP) is 13.9. The Kier molecular flexibility index (Phi) is 10.1. The lowest BCUT2D eigenvalue weighted by atomic mass is 9.47. The van der Waals surface area contributed by atoms with Gasteiger partial charge in [0.1, 0.15) is 0 Å². The number of hydrogen-bond acceptors (Lipinski definition) is 0. The van der Waals surface area contributed by atoms with Crippen LogP contribution in [0.2, 0.25) is 0 Å². The molecule has 0 heteroatoms. The molecule has 0 N–H and O–H groups in total. The third-order valence-electron chi connectivity index (χ3n) is 17.0. The fourth-order valence-corrected chi connectivity index (χ4v) is 13.7. The van der Waals surface area contributed by atoms with Crippen LogP contribution in [0.1, 0.15) is 197 Å². The number of fused-ring (bicyclic) bond motifs is 2. The fourth-order valence-electron chi connectivity index (χ4n) is 13.7. The highest BCUT2D eigenvalue weighted by atomic mass is 14.6. The molecule has 0 aromatic heterocycles. The van der Waals surface area contributed by atoms with Gasteiger partial charge in [0.15, 0.2) is 0 Å². The minimum Gasteiger partial charge on any atom is -0.0625 e. The second-order valence-electron chi connectivity index (χ2n) is 20.8. The van der Waals surface area contributed by atoms with Crippen molar-refractivity contribution in [2.24, 2.45) is 80.8 Å². The molecule has 10 fully saturated rings. The summed E-state index contributed by atoms with van der Waals surface area (Å²) in [5.74, 6) is 10.5. The van der Waals surface area contributed by atoms with E-state index >= 15 is 0 Å². The fraction of sp³-hybridized carbons (Fsp3) is 1.00. The minimum absolute atomic E-state index is 0.800. The van der Waals surface area contributed by atoms with Crippen LogP contribution in [0.4, 0.5) is 0 Å². The van der Waals surface area contributed by atoms with Gasteiger partial charge < -0.3 is 0 Å². The molecule has 10 rings (SSSR count). The summed E-state index contributed by atoms with van der Waals surface area (Å²) in [5, 5.41) is 0. The lowest BCUT2D eigenvalue weighted by Crippen LogP contribution is -2.48. The Morgan fingerprint density at radius 1 is 0.432 bits per heavy atom. The van der Waals surface area contributed by atoms with Gasteiger partial charge >= 0.3 is 0 Å². The van der Waals surface area contributed by atoms with Gasteiger partial charge in [-0.05, 0) is 203 Å². The van der Waals surface area contributed by atoms with Crippen molar-refractivity contribution >= 4 is 0 Å². The molecule has 10 saturated carbocycles. The maximum Gasteiger partial charge on any atom is -0.0266 e. The SMILES string of the molecule is CC(C)C12CC3CC(CC(C3)C1)C2.CC(C)C12CCC(CC1)C2.CC(C)C1CC2(CCC2)C1.CC(C)C1CCCCC12CC2. The molecule has 0 aliphatic heterocycles. The van der Waals surface area contributed by atoms with Crippen LogP contribution in [0.5, 0.6) is 0 Å². The van der Waals surface area contributed by atoms with E-state index in [-0.39, 0.29) is 0 Å². The Morgan fingerprint density at radius 2 is 0.955 bits per heavy atom. The molecule has 0 heterocycles. The lowest BCUT2D eigenvalue weighted by molar-refractivity contribution is -0.0789. The highest BCUT2D eigenvalue weighted by Crippen LogP contribution is 2.64. The summed E-state index contributed by atoms with van der Waals surface area (Å²) in [6.07, 6.45) is 34.2. The van der Waals surface area contributed by atoms with Gasteiger partial charge in [-0.25, -0.2) is 0 Å². The normalized spacial score (nSPS) is 41.6. The molecule has 0 aromatic rings. The van der Waals surface area contributed by atoms with Crippen molar-refractivity contribution in [2.75, 3.05) is 0 Å². The van der Waals surface area contributed by atoms with Gasteiger partial charge in [0.25, 0.3) is 0 Å². The zero-order valence-electron chi connectivity index (χ0n) is 31.3. The molecule has 44 heavy (non-hydrogen) atoms. The van der Waals surface area contributed by atoms with Crippen LogP contribution in [-0.2, 0) is 0 Å². The summed E-state index contributed by atoms with van der Waals surface area (Å²) in [6, 6.07) is 0. The Balaban J connectivity index is 0.000000105. The maximum absolute atomic E-state index is 2.47. The average molecular weight is 607 g/mol. The zero-order chi connectivity index (χ0) is 31.3. The van der Waals surface area contributed by atoms with Crippen molar-refractivity contribution in [3.05, 3.63) is 0 Å². The molecule has 254 valence electrons. The van der Waals surface area contributed by atoms with Crippen molar-refractivity contribution in [2.45, 2.75) is 197 Å². The number of rotatable bonds is 4. The quantitative estimate of drug-likeness (QED) is 0.298. The summed E-state index contributed by atoms with van der Waals surface area (Å²) in [6.45, 7) is 19.3. The van der Waals surface area contributed by atoms with E-state index < -0.39 is 0 Å². The van der Waals surface area contributed by atoms with Crippen molar-refractivity contribution in [3.63, 3.8) is 0 Å². The van der Waals surface area contributed by atoms with Crippen LogP contribution in [-0.4, -0.2) is 0 Å². The van der Waals surface area contributed by atoms with Gasteiger partial charge in [-0.2, -0.15) is 0 Å². The van der Waals surface area contributed by atoms with E-state index in [0.717, 1.165) is 80.8 Å². The molecule has 2 spiro atoms. The average Bonchev–Trinajstić information content (AvgIpc) is 3.35. The summed E-state index contributed by atoms with van der Waals surface area (Å²) >= 11 is 0. The monoisotopic (exact) mass is 607 g/mol. The van der Waals surface area contributed by atoms with E-state index in [1.54, 1.807) is 89.9 Å². The molecular weight excluding hydrogens is 528 g/mol. The molecule has 10 aliphatic rings. The van der Waals surface area contributed by atoms with Crippen LogP contribution >= 0.6 is 0 Å². The van der Waals surface area contributed by atoms with Crippen LogP contribution < -0.4 is 0 Å². The van der Waals surface area contributed by atoms with Gasteiger partial charge in [0.2, 0.25) is 0 Å². The van der Waals surface area contributed by atoms with Crippen molar-refractivity contribution in [3.8, 4) is 0 Å². The van der Waals surface area contributed by atoms with Crippen LogP contribution in [0, 0.1) is 80.8 Å². The topological polar surface area (TPSA) is 0 Å². The second-order valence-corrected chi connectivity index (χ2v) is 20.8. The van der Waals surface area contributed by atoms with Gasteiger partial charge in [-0.1, -0.05) is 74.7 Å². The molecule has 10 aliphatic carbocycles. The molecule has 0 aromatic carbocycles. The van der Waals surface area contributed by atoms with Gasteiger partial charge in [-0.3, -0.25) is 0 Å². The minimum atomic E-state index is 0.800. The molecule has 0 radical (unpaired) electrons. The largest absolute Gasteiger partial charge is 0.0625 e. The predicted molar refractivity (Wildman–Crippen MR) is 192 cm³/mol. The van der Waals surface area contributed by atoms with Crippen LogP contribution in [0.3, 0.4) is 0 Å². The Labute approximate surface area is 276 Å². The first-order chi connectivity index (χ1) is 20.9. The molecule has 1 atom stereocenters. The van der Waals surface area contributed by atoms with Crippen LogP contribution in [0.25, 0.3) is 0 Å². The second kappa shape index (κ2) is 13.1. The summed E-state index contributed by atoms with van der Waals surface area (Å²) in [4.78, 5) is 0. The third-order valence-corrected chi connectivity index (χ3v) is 17.0. The molecule has 0 nitrogen and oxygen atoms in total. The van der Waals surface area contributed by atoms with Gasteiger partial charge in [0, 0.05) is 0 Å². The van der Waals surface area contributed by atoms with Crippen LogP contribution in [0.15, 0.2) is 0 Å². The Morgan fingerprint density at radius 3 is 1.27 bits per heavy atom. The summed E-state index contributed by atoms with van der Waals surface area (Å²) in [7, 11) is 0. The standard InChI is InChI=1S/C13H22.C11H20.2C10H18/c1-9(2)13-6-10-3-11(7-13)5-12(4-10)8-13;1-9(2)10-5-3-4-6-11(10)7-8-11;1-8(2)10-5-3-9(7-10)4-6-10;1-8(2)9-6-10(7-9)4-3-5-10/h9-12H,3-8H2,1-2H3;9-10H,3-8H2,1-2H3;2*8-9H,3-7H2,1-2H3. The smallest absolute Gasteiger partial charge is 0.0266 e. The first-order valence-corrected chi connectivity index (χ1v) is 20.9. The van der Waals surface area contributed by atoms with Crippen molar-refractivity contribution < 1.29 is 0 Å². The highest BCUT2D eigenvalue weighted by molar-refractivity contribution is 5.03. The van der Waals surface area contributed by atoms with E-state index in [1.165, 1.54) is 51.4 Å². The van der Waals surface area contributed by atoms with Crippen molar-refractivity contribution in [1.29, 1.82) is 0 Å². The van der Waals surface area contributed by atoms with E-state index in [2.05, 4.69) is 55.4 Å². The first-order valence-electron chi connectivity index (χ1n) is 20.9. The lowest BCUT2D eigenvalue weighted by Gasteiger charge is -2.58. The zero-order valence-corrected chi connectivity index (χ0v) is 31.3. The van der Waals surface area contributed by atoms with E-state index in [0.29, 0.717) is 0 Å². The Bertz CT molecular complexity index is 872. The molecular formula is C44H78. The summed E-state index contributed by atoms with van der Waals surface area (Å²) in [5.41, 5.74) is 3.38. The summed E-state index contributed by atoms with van der Waals surface area (Å²) < 4.78 is 0. The van der Waals surface area contributed by atoms with E-state index in [4.69, 9.17) is 0 Å². The molecule has 1 unspecified atom stereocenters. The van der Waals surface area contributed by atoms with Crippen molar-refractivity contribution in [1.82, 2.24) is 0 Å². The van der Waals surface area contributed by atoms with E-state index in [9.17, 15) is 0 Å². The molecule has 0 saturated heterocycles. The molecule has 0 amide bonds. The molecule has 6 bridgehead atoms. The third kappa shape index (κ3) is 6.92. The first kappa shape index (κ1) is 33.9. The van der Waals surface area contributed by atoms with E-state index in [1.807, 2.05) is 0 Å².